The van der Waals surface area contributed by atoms with Crippen LogP contribution in [-0.2, 0) is 4.79 Å². The molecule has 7 heteroatoms. The molecule has 0 bridgehead atoms. The fraction of sp³-hybridized carbons (Fsp3) is 0.304. The number of halogens is 2. The molecule has 0 N–H and O–H groups in total. The second kappa shape index (κ2) is 8.95. The summed E-state index contributed by atoms with van der Waals surface area (Å²) in [5.41, 5.74) is 2.99. The zero-order valence-corrected chi connectivity index (χ0v) is 16.5. The lowest BCUT2D eigenvalue weighted by molar-refractivity contribution is -0.132. The lowest BCUT2D eigenvalue weighted by Crippen LogP contribution is -2.36. The lowest BCUT2D eigenvalue weighted by Gasteiger charge is -2.18. The topological polar surface area (TPSA) is 74.1 Å². The summed E-state index contributed by atoms with van der Waals surface area (Å²) in [5, 5.41) is 9.03. The number of benzene rings is 1. The molecule has 1 saturated heterocycles. The summed E-state index contributed by atoms with van der Waals surface area (Å²) in [4.78, 5) is 30.0. The number of nitrogens with zero attached hydrogens (tertiary/aromatic N) is 3. The van der Waals surface area contributed by atoms with Crippen LogP contribution in [0.15, 0.2) is 48.8 Å². The zero-order chi connectivity index (χ0) is 21.7. The van der Waals surface area contributed by atoms with Crippen molar-refractivity contribution in [2.24, 2.45) is 0 Å². The van der Waals surface area contributed by atoms with Crippen molar-refractivity contribution in [1.82, 2.24) is 9.88 Å². The Bertz CT molecular complexity index is 1010. The molecule has 0 radical (unpaired) electrons. The van der Waals surface area contributed by atoms with Gasteiger partial charge in [-0.15, -0.1) is 0 Å². The van der Waals surface area contributed by atoms with Gasteiger partial charge in [-0.2, -0.15) is 5.26 Å². The molecule has 154 valence electrons. The van der Waals surface area contributed by atoms with Gasteiger partial charge in [-0.1, -0.05) is 30.3 Å². The molecule has 2 aromatic rings. The maximum Gasteiger partial charge on any atom is 0.268 e. The Morgan fingerprint density at radius 1 is 1.27 bits per heavy atom. The maximum absolute atomic E-state index is 13.5. The number of aromatic nitrogens is 1. The van der Waals surface area contributed by atoms with E-state index in [1.807, 2.05) is 43.3 Å². The van der Waals surface area contributed by atoms with Crippen molar-refractivity contribution in [3.63, 3.8) is 0 Å². The van der Waals surface area contributed by atoms with Crippen LogP contribution in [0.25, 0.3) is 11.6 Å². The number of amides is 1. The third-order valence-electron chi connectivity index (χ3n) is 5.06. The van der Waals surface area contributed by atoms with Crippen LogP contribution in [0.2, 0.25) is 0 Å². The Kier molecular flexibility index (Phi) is 6.36. The average molecular weight is 409 g/mol. The number of ketones is 1. The molecule has 2 heterocycles. The van der Waals surface area contributed by atoms with Crippen LogP contribution in [-0.4, -0.2) is 40.1 Å². The SMILES string of the molecule is C/C(=C\c1cnccc1C(=O)CCC(=O)N1CC(F)(F)C[C@H]1C#N)c1ccccc1. The van der Waals surface area contributed by atoms with Gasteiger partial charge in [-0.05, 0) is 30.2 Å². The molecule has 1 aromatic carbocycles. The molecule has 1 aliphatic rings. The van der Waals surface area contributed by atoms with E-state index in [0.717, 1.165) is 16.0 Å². The van der Waals surface area contributed by atoms with Gasteiger partial charge in [0.05, 0.1) is 12.6 Å². The van der Waals surface area contributed by atoms with E-state index >= 15 is 0 Å². The van der Waals surface area contributed by atoms with Gasteiger partial charge >= 0.3 is 0 Å². The minimum atomic E-state index is -3.07. The van der Waals surface area contributed by atoms with Crippen molar-refractivity contribution >= 4 is 23.3 Å². The number of carbonyl (C=O) groups excluding carboxylic acids is 2. The van der Waals surface area contributed by atoms with Gasteiger partial charge in [0.15, 0.2) is 5.78 Å². The molecule has 0 unspecified atom stereocenters. The molecule has 0 aliphatic carbocycles. The summed E-state index contributed by atoms with van der Waals surface area (Å²) >= 11 is 0. The van der Waals surface area contributed by atoms with E-state index in [2.05, 4.69) is 4.98 Å². The molecule has 1 aromatic heterocycles. The van der Waals surface area contributed by atoms with Crippen LogP contribution < -0.4 is 0 Å². The number of pyridine rings is 1. The number of rotatable bonds is 6. The van der Waals surface area contributed by atoms with Crippen molar-refractivity contribution in [2.45, 2.75) is 38.2 Å². The van der Waals surface area contributed by atoms with Gasteiger partial charge in [0.2, 0.25) is 5.91 Å². The Morgan fingerprint density at radius 3 is 2.70 bits per heavy atom. The maximum atomic E-state index is 13.5. The van der Waals surface area contributed by atoms with Crippen molar-refractivity contribution in [3.8, 4) is 6.07 Å². The summed E-state index contributed by atoms with van der Waals surface area (Å²) in [6.45, 7) is 1.15. The molecular formula is C23H21F2N3O2. The third-order valence-corrected chi connectivity index (χ3v) is 5.06. The second-order valence-electron chi connectivity index (χ2n) is 7.31. The summed E-state index contributed by atoms with van der Waals surface area (Å²) in [6.07, 6.45) is 3.90. The van der Waals surface area contributed by atoms with Crippen LogP contribution in [0.1, 0.15) is 47.7 Å². The minimum absolute atomic E-state index is 0.131. The highest BCUT2D eigenvalue weighted by molar-refractivity contribution is 6.02. The molecule has 0 saturated carbocycles. The van der Waals surface area contributed by atoms with E-state index in [0.29, 0.717) is 11.1 Å². The van der Waals surface area contributed by atoms with Crippen molar-refractivity contribution in [1.29, 1.82) is 5.26 Å². The number of hydrogen-bond acceptors (Lipinski definition) is 4. The Hall–Kier alpha value is -3.40. The Morgan fingerprint density at radius 2 is 2.00 bits per heavy atom. The average Bonchev–Trinajstić information content (AvgIpc) is 3.07. The molecule has 1 atom stereocenters. The fourth-order valence-corrected chi connectivity index (χ4v) is 3.49. The first-order chi connectivity index (χ1) is 14.3. The monoisotopic (exact) mass is 409 g/mol. The first-order valence-electron chi connectivity index (χ1n) is 9.58. The van der Waals surface area contributed by atoms with E-state index in [4.69, 9.17) is 5.26 Å². The predicted molar refractivity (Wildman–Crippen MR) is 108 cm³/mol. The van der Waals surface area contributed by atoms with E-state index in [9.17, 15) is 18.4 Å². The van der Waals surface area contributed by atoms with Crippen LogP contribution in [0.4, 0.5) is 8.78 Å². The number of hydrogen-bond donors (Lipinski definition) is 0. The molecule has 30 heavy (non-hydrogen) atoms. The van der Waals surface area contributed by atoms with Crippen LogP contribution in [0.3, 0.4) is 0 Å². The minimum Gasteiger partial charge on any atom is -0.320 e. The third kappa shape index (κ3) is 4.95. The zero-order valence-electron chi connectivity index (χ0n) is 16.5. The molecular weight excluding hydrogens is 388 g/mol. The van der Waals surface area contributed by atoms with Gasteiger partial charge in [0.25, 0.3) is 5.92 Å². The number of carbonyl (C=O) groups is 2. The van der Waals surface area contributed by atoms with E-state index in [1.54, 1.807) is 18.3 Å². The van der Waals surface area contributed by atoms with E-state index < -0.39 is 30.8 Å². The quantitative estimate of drug-likeness (QED) is 0.665. The molecule has 0 spiro atoms. The summed E-state index contributed by atoms with van der Waals surface area (Å²) in [5.74, 6) is -3.96. The highest BCUT2D eigenvalue weighted by Crippen LogP contribution is 2.32. The fourth-order valence-electron chi connectivity index (χ4n) is 3.49. The Balaban J connectivity index is 1.71. The molecule has 1 aliphatic heterocycles. The van der Waals surface area contributed by atoms with E-state index in [-0.39, 0.29) is 18.6 Å². The standard InChI is InChI=1S/C23H21F2N3O2/c1-16(17-5-3-2-4-6-17)11-18-14-27-10-9-20(18)21(29)7-8-22(30)28-15-23(24,25)12-19(28)13-26/h2-6,9-11,14,19H,7-8,12,15H2,1H3/b16-11+/t19-/m0/s1. The lowest BCUT2D eigenvalue weighted by atomic mass is 9.98. The highest BCUT2D eigenvalue weighted by atomic mass is 19.3. The number of likely N-dealkylation sites (tertiary alicyclic amines) is 1. The smallest absolute Gasteiger partial charge is 0.268 e. The summed E-state index contributed by atoms with van der Waals surface area (Å²) in [7, 11) is 0. The van der Waals surface area contributed by atoms with Gasteiger partial charge < -0.3 is 4.90 Å². The highest BCUT2D eigenvalue weighted by Gasteiger charge is 2.47. The molecule has 1 amide bonds. The van der Waals surface area contributed by atoms with Crippen molar-refractivity contribution in [2.75, 3.05) is 6.54 Å². The van der Waals surface area contributed by atoms with Crippen LogP contribution >= 0.6 is 0 Å². The first kappa shape index (κ1) is 21.3. The van der Waals surface area contributed by atoms with Gasteiger partial charge in [0, 0.05) is 42.8 Å². The number of nitriles is 1. The van der Waals surface area contributed by atoms with E-state index in [1.165, 1.54) is 6.20 Å². The molecule has 5 nitrogen and oxygen atoms in total. The van der Waals surface area contributed by atoms with Crippen molar-refractivity contribution < 1.29 is 18.4 Å². The number of alkyl halides is 2. The van der Waals surface area contributed by atoms with Crippen LogP contribution in [0, 0.1) is 11.3 Å². The molecule has 3 rings (SSSR count). The van der Waals surface area contributed by atoms with Crippen LogP contribution in [0.5, 0.6) is 0 Å². The Labute approximate surface area is 173 Å². The summed E-state index contributed by atoms with van der Waals surface area (Å²) in [6, 6.07) is 11.8. The second-order valence-corrected chi connectivity index (χ2v) is 7.31. The van der Waals surface area contributed by atoms with Gasteiger partial charge in [-0.25, -0.2) is 8.78 Å². The predicted octanol–water partition coefficient (Wildman–Crippen LogP) is 4.36. The first-order valence-corrected chi connectivity index (χ1v) is 9.58. The van der Waals surface area contributed by atoms with Gasteiger partial charge in [0.1, 0.15) is 6.04 Å². The number of allylic oxidation sites excluding steroid dienone is 1. The summed E-state index contributed by atoms with van der Waals surface area (Å²) < 4.78 is 27.1. The largest absolute Gasteiger partial charge is 0.320 e. The molecule has 1 fully saturated rings. The van der Waals surface area contributed by atoms with Crippen molar-refractivity contribution in [3.05, 3.63) is 65.5 Å². The number of Topliss-reactive ketones (excluding diaryl/α,β-unsaturated/α-hetero) is 1. The van der Waals surface area contributed by atoms with Gasteiger partial charge in [-0.3, -0.25) is 14.6 Å². The normalized spacial score (nSPS) is 18.1.